The zero-order valence-electron chi connectivity index (χ0n) is 10.4. The Kier molecular flexibility index (Phi) is 5.09. The number of hydrogen-bond acceptors (Lipinski definition) is 5. The Morgan fingerprint density at radius 1 is 1.50 bits per heavy atom. The van der Waals surface area contributed by atoms with Crippen LogP contribution in [0.1, 0.15) is 25.7 Å². The molecular weight excluding hydrogens is 270 g/mol. The van der Waals surface area contributed by atoms with E-state index in [4.69, 9.17) is 11.6 Å². The van der Waals surface area contributed by atoms with E-state index in [2.05, 4.69) is 15.3 Å². The Morgan fingerprint density at radius 2 is 2.33 bits per heavy atom. The summed E-state index contributed by atoms with van der Waals surface area (Å²) >= 11 is 7.40. The SMILES string of the molecule is CSc1nc(Cl)cc(NCC2CCCC(O)C2)n1. The lowest BCUT2D eigenvalue weighted by molar-refractivity contribution is 0.104. The van der Waals surface area contributed by atoms with Crippen molar-refractivity contribution >= 4 is 29.2 Å². The van der Waals surface area contributed by atoms with E-state index in [0.29, 0.717) is 16.2 Å². The molecule has 0 radical (unpaired) electrons. The fraction of sp³-hybridized carbons (Fsp3) is 0.667. The number of halogens is 1. The highest BCUT2D eigenvalue weighted by molar-refractivity contribution is 7.98. The topological polar surface area (TPSA) is 58.0 Å². The van der Waals surface area contributed by atoms with Crippen LogP contribution in [0.25, 0.3) is 0 Å². The number of aliphatic hydroxyl groups excluding tert-OH is 1. The summed E-state index contributed by atoms with van der Waals surface area (Å²) in [5.41, 5.74) is 0. The van der Waals surface area contributed by atoms with Crippen molar-refractivity contribution in [3.8, 4) is 0 Å². The van der Waals surface area contributed by atoms with Crippen LogP contribution in [0.15, 0.2) is 11.2 Å². The molecule has 1 heterocycles. The molecule has 1 fully saturated rings. The van der Waals surface area contributed by atoms with Crippen molar-refractivity contribution in [2.45, 2.75) is 36.9 Å². The predicted molar refractivity (Wildman–Crippen MR) is 75.3 cm³/mol. The van der Waals surface area contributed by atoms with Gasteiger partial charge in [-0.15, -0.1) is 0 Å². The summed E-state index contributed by atoms with van der Waals surface area (Å²) in [6.45, 7) is 0.832. The Balaban J connectivity index is 1.91. The first-order valence-corrected chi connectivity index (χ1v) is 7.78. The zero-order chi connectivity index (χ0) is 13.0. The van der Waals surface area contributed by atoms with Crippen LogP contribution in [0.4, 0.5) is 5.82 Å². The minimum atomic E-state index is -0.138. The normalized spacial score (nSPS) is 23.9. The minimum Gasteiger partial charge on any atom is -0.393 e. The van der Waals surface area contributed by atoms with Crippen molar-refractivity contribution in [3.63, 3.8) is 0 Å². The molecule has 4 nitrogen and oxygen atoms in total. The van der Waals surface area contributed by atoms with Crippen molar-refractivity contribution in [1.29, 1.82) is 0 Å². The van der Waals surface area contributed by atoms with Crippen LogP contribution in [-0.2, 0) is 0 Å². The van der Waals surface area contributed by atoms with Gasteiger partial charge in [0.2, 0.25) is 0 Å². The molecule has 6 heteroatoms. The number of aliphatic hydroxyl groups is 1. The standard InChI is InChI=1S/C12H18ClN3OS/c1-18-12-15-10(13)6-11(16-12)14-7-8-3-2-4-9(17)5-8/h6,8-9,17H,2-5,7H2,1H3,(H,14,15,16). The van der Waals surface area contributed by atoms with Gasteiger partial charge in [0, 0.05) is 12.6 Å². The lowest BCUT2D eigenvalue weighted by Gasteiger charge is -2.26. The Labute approximate surface area is 117 Å². The van der Waals surface area contributed by atoms with E-state index in [0.717, 1.165) is 38.0 Å². The lowest BCUT2D eigenvalue weighted by atomic mass is 9.87. The van der Waals surface area contributed by atoms with E-state index in [1.54, 1.807) is 6.07 Å². The molecule has 100 valence electrons. The number of aromatic nitrogens is 2. The molecule has 1 aromatic rings. The van der Waals surface area contributed by atoms with Crippen molar-refractivity contribution in [3.05, 3.63) is 11.2 Å². The maximum atomic E-state index is 9.63. The van der Waals surface area contributed by atoms with Gasteiger partial charge in [-0.3, -0.25) is 0 Å². The van der Waals surface area contributed by atoms with Crippen LogP contribution in [0.5, 0.6) is 0 Å². The molecule has 2 rings (SSSR count). The molecule has 1 aliphatic carbocycles. The average Bonchev–Trinajstić information content (AvgIpc) is 2.36. The summed E-state index contributed by atoms with van der Waals surface area (Å²) in [6, 6.07) is 1.74. The molecule has 0 amide bonds. The summed E-state index contributed by atoms with van der Waals surface area (Å²) in [6.07, 6.45) is 5.87. The van der Waals surface area contributed by atoms with Gasteiger partial charge in [0.1, 0.15) is 11.0 Å². The minimum absolute atomic E-state index is 0.138. The number of rotatable bonds is 4. The smallest absolute Gasteiger partial charge is 0.190 e. The largest absolute Gasteiger partial charge is 0.393 e. The third-order valence-electron chi connectivity index (χ3n) is 3.18. The molecule has 2 unspecified atom stereocenters. The van der Waals surface area contributed by atoms with E-state index in [9.17, 15) is 5.11 Å². The third kappa shape index (κ3) is 4.00. The highest BCUT2D eigenvalue weighted by Crippen LogP contribution is 2.25. The first kappa shape index (κ1) is 13.9. The second-order valence-electron chi connectivity index (χ2n) is 4.63. The van der Waals surface area contributed by atoms with E-state index < -0.39 is 0 Å². The predicted octanol–water partition coefficient (Wildman–Crippen LogP) is 2.81. The summed E-state index contributed by atoms with van der Waals surface area (Å²) in [4.78, 5) is 8.45. The van der Waals surface area contributed by atoms with E-state index >= 15 is 0 Å². The Morgan fingerprint density at radius 3 is 3.06 bits per heavy atom. The molecule has 18 heavy (non-hydrogen) atoms. The van der Waals surface area contributed by atoms with Gasteiger partial charge in [-0.05, 0) is 31.4 Å². The van der Waals surface area contributed by atoms with Crippen LogP contribution < -0.4 is 5.32 Å². The summed E-state index contributed by atoms with van der Waals surface area (Å²) in [7, 11) is 0. The molecule has 2 N–H and O–H groups in total. The van der Waals surface area contributed by atoms with Gasteiger partial charge in [0.25, 0.3) is 0 Å². The lowest BCUT2D eigenvalue weighted by Crippen LogP contribution is -2.25. The van der Waals surface area contributed by atoms with Crippen LogP contribution >= 0.6 is 23.4 Å². The Hall–Kier alpha value is -0.520. The fourth-order valence-corrected chi connectivity index (χ4v) is 2.89. The average molecular weight is 288 g/mol. The van der Waals surface area contributed by atoms with Gasteiger partial charge in [-0.1, -0.05) is 29.8 Å². The molecule has 0 aromatic carbocycles. The molecule has 0 spiro atoms. The highest BCUT2D eigenvalue weighted by atomic mass is 35.5. The maximum absolute atomic E-state index is 9.63. The molecule has 0 saturated heterocycles. The van der Waals surface area contributed by atoms with Gasteiger partial charge in [0.05, 0.1) is 6.10 Å². The van der Waals surface area contributed by atoms with E-state index in [1.807, 2.05) is 6.26 Å². The number of anilines is 1. The van der Waals surface area contributed by atoms with Crippen molar-refractivity contribution in [2.75, 3.05) is 18.1 Å². The molecule has 0 aliphatic heterocycles. The van der Waals surface area contributed by atoms with E-state index in [1.165, 1.54) is 11.8 Å². The first-order valence-electron chi connectivity index (χ1n) is 6.18. The molecule has 1 aromatic heterocycles. The molecular formula is C12H18ClN3OS. The summed E-state index contributed by atoms with van der Waals surface area (Å²) in [5.74, 6) is 1.28. The van der Waals surface area contributed by atoms with Crippen molar-refractivity contribution in [1.82, 2.24) is 9.97 Å². The summed E-state index contributed by atoms with van der Waals surface area (Å²) < 4.78 is 0. The van der Waals surface area contributed by atoms with Gasteiger partial charge >= 0.3 is 0 Å². The number of thioether (sulfide) groups is 1. The number of nitrogens with zero attached hydrogens (tertiary/aromatic N) is 2. The van der Waals surface area contributed by atoms with Crippen LogP contribution in [0, 0.1) is 5.92 Å². The molecule has 2 atom stereocenters. The van der Waals surface area contributed by atoms with Crippen LogP contribution in [-0.4, -0.2) is 34.0 Å². The highest BCUT2D eigenvalue weighted by Gasteiger charge is 2.19. The second-order valence-corrected chi connectivity index (χ2v) is 5.79. The van der Waals surface area contributed by atoms with Crippen molar-refractivity contribution in [2.24, 2.45) is 5.92 Å². The van der Waals surface area contributed by atoms with Gasteiger partial charge in [-0.25, -0.2) is 9.97 Å². The second kappa shape index (κ2) is 6.59. The Bertz CT molecular complexity index is 405. The molecule has 1 aliphatic rings. The van der Waals surface area contributed by atoms with Crippen LogP contribution in [0.2, 0.25) is 5.15 Å². The van der Waals surface area contributed by atoms with Gasteiger partial charge in [0.15, 0.2) is 5.16 Å². The zero-order valence-corrected chi connectivity index (χ0v) is 12.0. The van der Waals surface area contributed by atoms with Gasteiger partial charge in [-0.2, -0.15) is 0 Å². The first-order chi connectivity index (χ1) is 8.67. The number of nitrogens with one attached hydrogen (secondary N) is 1. The monoisotopic (exact) mass is 287 g/mol. The number of hydrogen-bond donors (Lipinski definition) is 2. The fourth-order valence-electron chi connectivity index (χ4n) is 2.28. The third-order valence-corrected chi connectivity index (χ3v) is 3.93. The molecule has 1 saturated carbocycles. The summed E-state index contributed by atoms with van der Waals surface area (Å²) in [5, 5.41) is 14.0. The van der Waals surface area contributed by atoms with E-state index in [-0.39, 0.29) is 6.10 Å². The quantitative estimate of drug-likeness (QED) is 0.507. The molecule has 0 bridgehead atoms. The van der Waals surface area contributed by atoms with Crippen LogP contribution in [0.3, 0.4) is 0 Å². The van der Waals surface area contributed by atoms with Crippen molar-refractivity contribution < 1.29 is 5.11 Å². The van der Waals surface area contributed by atoms with Gasteiger partial charge < -0.3 is 10.4 Å². The maximum Gasteiger partial charge on any atom is 0.190 e.